The molecule has 25 heavy (non-hydrogen) atoms. The van der Waals surface area contributed by atoms with E-state index in [1.807, 2.05) is 54.3 Å². The van der Waals surface area contributed by atoms with E-state index in [0.29, 0.717) is 23.9 Å². The van der Waals surface area contributed by atoms with Gasteiger partial charge in [-0.05, 0) is 31.2 Å². The first kappa shape index (κ1) is 17.5. The van der Waals surface area contributed by atoms with Crippen LogP contribution in [0.5, 0.6) is 0 Å². The highest BCUT2D eigenvalue weighted by molar-refractivity contribution is 7.51. The van der Waals surface area contributed by atoms with Crippen LogP contribution in [0.3, 0.4) is 0 Å². The highest BCUT2D eigenvalue weighted by atomic mass is 31.2. The van der Waals surface area contributed by atoms with Crippen LogP contribution in [0.25, 0.3) is 22.4 Å². The second-order valence-electron chi connectivity index (χ2n) is 5.57. The largest absolute Gasteiger partial charge is 0.356 e. The quantitative estimate of drug-likeness (QED) is 0.654. The lowest BCUT2D eigenvalue weighted by Crippen LogP contribution is -2.27. The number of para-hydroxylation sites is 1. The standard InChI is InChI=1S/C17H19N4O3P/c1-2-21(11-12-25(22,23)24)17-13-7-3-4-8-14(13)19-16(20-17)15-9-5-6-10-18-15/h3-10H,2,11-12H2,1H3,(H2,22,23,24). The van der Waals surface area contributed by atoms with Crippen molar-refractivity contribution in [2.24, 2.45) is 0 Å². The molecule has 7 nitrogen and oxygen atoms in total. The molecule has 0 saturated heterocycles. The number of anilines is 1. The van der Waals surface area contributed by atoms with Crippen molar-refractivity contribution in [3.8, 4) is 11.5 Å². The van der Waals surface area contributed by atoms with Crippen molar-refractivity contribution in [2.75, 3.05) is 24.2 Å². The van der Waals surface area contributed by atoms with Crippen LogP contribution in [0.15, 0.2) is 48.7 Å². The zero-order chi connectivity index (χ0) is 17.9. The van der Waals surface area contributed by atoms with Gasteiger partial charge in [-0.2, -0.15) is 0 Å². The average Bonchev–Trinajstić information content (AvgIpc) is 2.61. The predicted molar refractivity (Wildman–Crippen MR) is 97.6 cm³/mol. The third kappa shape index (κ3) is 4.20. The first-order chi connectivity index (χ1) is 12.0. The van der Waals surface area contributed by atoms with Gasteiger partial charge in [-0.25, -0.2) is 9.97 Å². The van der Waals surface area contributed by atoms with E-state index in [2.05, 4.69) is 15.0 Å². The number of nitrogens with zero attached hydrogens (tertiary/aromatic N) is 4. The Morgan fingerprint density at radius 1 is 1.08 bits per heavy atom. The summed E-state index contributed by atoms with van der Waals surface area (Å²) in [6.45, 7) is 2.71. The molecule has 2 aromatic heterocycles. The Bertz CT molecular complexity index is 914. The molecule has 2 heterocycles. The van der Waals surface area contributed by atoms with Crippen LogP contribution in [0.4, 0.5) is 5.82 Å². The van der Waals surface area contributed by atoms with E-state index in [1.165, 1.54) is 0 Å². The van der Waals surface area contributed by atoms with Crippen LogP contribution in [0, 0.1) is 0 Å². The molecule has 3 aromatic rings. The van der Waals surface area contributed by atoms with Crippen LogP contribution in [-0.4, -0.2) is 44.0 Å². The maximum atomic E-state index is 11.3. The normalized spacial score (nSPS) is 11.6. The topological polar surface area (TPSA) is 99.4 Å². The molecule has 0 aliphatic carbocycles. The number of rotatable bonds is 6. The van der Waals surface area contributed by atoms with E-state index in [0.717, 1.165) is 10.9 Å². The maximum Gasteiger partial charge on any atom is 0.327 e. The molecule has 0 amide bonds. The van der Waals surface area contributed by atoms with Gasteiger partial charge in [0, 0.05) is 24.7 Å². The molecule has 0 aliphatic heterocycles. The lowest BCUT2D eigenvalue weighted by molar-refractivity contribution is 0.373. The van der Waals surface area contributed by atoms with Gasteiger partial charge in [0.05, 0.1) is 11.7 Å². The first-order valence-corrected chi connectivity index (χ1v) is 9.75. The summed E-state index contributed by atoms with van der Waals surface area (Å²) in [5.41, 5.74) is 1.42. The van der Waals surface area contributed by atoms with Gasteiger partial charge in [0.15, 0.2) is 5.82 Å². The van der Waals surface area contributed by atoms with Gasteiger partial charge < -0.3 is 14.7 Å². The lowest BCUT2D eigenvalue weighted by atomic mass is 10.2. The Morgan fingerprint density at radius 3 is 2.52 bits per heavy atom. The van der Waals surface area contributed by atoms with Crippen molar-refractivity contribution in [2.45, 2.75) is 6.92 Å². The van der Waals surface area contributed by atoms with Crippen LogP contribution in [0.2, 0.25) is 0 Å². The smallest absolute Gasteiger partial charge is 0.327 e. The third-order valence-corrected chi connectivity index (χ3v) is 4.60. The van der Waals surface area contributed by atoms with Crippen LogP contribution < -0.4 is 4.90 Å². The molecule has 3 rings (SSSR count). The Balaban J connectivity index is 2.10. The summed E-state index contributed by atoms with van der Waals surface area (Å²) in [4.78, 5) is 33.8. The monoisotopic (exact) mass is 358 g/mol. The summed E-state index contributed by atoms with van der Waals surface area (Å²) >= 11 is 0. The molecule has 0 saturated carbocycles. The van der Waals surface area contributed by atoms with Crippen LogP contribution in [-0.2, 0) is 4.57 Å². The number of hydrogen-bond acceptors (Lipinski definition) is 5. The van der Waals surface area contributed by atoms with E-state index < -0.39 is 7.60 Å². The van der Waals surface area contributed by atoms with Gasteiger partial charge in [-0.3, -0.25) is 9.55 Å². The van der Waals surface area contributed by atoms with Crippen molar-refractivity contribution < 1.29 is 14.4 Å². The van der Waals surface area contributed by atoms with Crippen LogP contribution >= 0.6 is 7.60 Å². The Kier molecular flexibility index (Phi) is 5.08. The summed E-state index contributed by atoms with van der Waals surface area (Å²) in [6.07, 6.45) is 1.46. The Hall–Kier alpha value is -2.34. The van der Waals surface area contributed by atoms with Crippen molar-refractivity contribution >= 4 is 24.3 Å². The van der Waals surface area contributed by atoms with E-state index in [9.17, 15) is 14.4 Å². The van der Waals surface area contributed by atoms with Gasteiger partial charge in [0.1, 0.15) is 11.5 Å². The third-order valence-electron chi connectivity index (χ3n) is 3.82. The van der Waals surface area contributed by atoms with E-state index in [1.54, 1.807) is 6.20 Å². The molecule has 0 unspecified atom stereocenters. The SMILES string of the molecule is CCN(CCP(=O)(O)O)c1nc(-c2ccccn2)nc2ccccc12. The second kappa shape index (κ2) is 7.27. The maximum absolute atomic E-state index is 11.3. The summed E-state index contributed by atoms with van der Waals surface area (Å²) < 4.78 is 11.3. The molecule has 1 aromatic carbocycles. The summed E-state index contributed by atoms with van der Waals surface area (Å²) in [5, 5.41) is 0.842. The van der Waals surface area contributed by atoms with Crippen molar-refractivity contribution in [1.29, 1.82) is 0 Å². The Morgan fingerprint density at radius 2 is 1.84 bits per heavy atom. The van der Waals surface area contributed by atoms with Gasteiger partial charge >= 0.3 is 7.60 Å². The molecule has 0 atom stereocenters. The molecular weight excluding hydrogens is 339 g/mol. The molecule has 0 radical (unpaired) electrons. The van der Waals surface area contributed by atoms with Gasteiger partial charge in [0.25, 0.3) is 0 Å². The zero-order valence-corrected chi connectivity index (χ0v) is 14.7. The molecule has 0 spiro atoms. The van der Waals surface area contributed by atoms with E-state index in [4.69, 9.17) is 0 Å². The minimum atomic E-state index is -4.08. The molecule has 2 N–H and O–H groups in total. The fraction of sp³-hybridized carbons (Fsp3) is 0.235. The van der Waals surface area contributed by atoms with E-state index >= 15 is 0 Å². The minimum Gasteiger partial charge on any atom is -0.356 e. The predicted octanol–water partition coefficient (Wildman–Crippen LogP) is 2.70. The minimum absolute atomic E-state index is 0.212. The second-order valence-corrected chi connectivity index (χ2v) is 7.35. The molecule has 0 bridgehead atoms. The number of pyridine rings is 1. The van der Waals surface area contributed by atoms with Gasteiger partial charge in [0.2, 0.25) is 0 Å². The number of hydrogen-bond donors (Lipinski definition) is 2. The van der Waals surface area contributed by atoms with Crippen molar-refractivity contribution in [3.05, 3.63) is 48.7 Å². The molecule has 0 fully saturated rings. The Labute approximate surface area is 145 Å². The van der Waals surface area contributed by atoms with E-state index in [-0.39, 0.29) is 12.7 Å². The fourth-order valence-electron chi connectivity index (χ4n) is 2.58. The lowest BCUT2D eigenvalue weighted by Gasteiger charge is -2.24. The number of aromatic nitrogens is 3. The number of benzene rings is 1. The highest BCUT2D eigenvalue weighted by Gasteiger charge is 2.19. The number of fused-ring (bicyclic) bond motifs is 1. The molecule has 8 heteroatoms. The summed E-state index contributed by atoms with van der Waals surface area (Å²) in [6, 6.07) is 13.1. The summed E-state index contributed by atoms with van der Waals surface area (Å²) in [7, 11) is -4.08. The summed E-state index contributed by atoms with van der Waals surface area (Å²) in [5.74, 6) is 1.14. The zero-order valence-electron chi connectivity index (χ0n) is 13.8. The molecule has 0 aliphatic rings. The highest BCUT2D eigenvalue weighted by Crippen LogP contribution is 2.35. The molecule has 130 valence electrons. The molecular formula is C17H19N4O3P. The van der Waals surface area contributed by atoms with Crippen molar-refractivity contribution in [1.82, 2.24) is 15.0 Å². The van der Waals surface area contributed by atoms with Gasteiger partial charge in [-0.1, -0.05) is 18.2 Å². The van der Waals surface area contributed by atoms with Crippen molar-refractivity contribution in [3.63, 3.8) is 0 Å². The van der Waals surface area contributed by atoms with Crippen LogP contribution in [0.1, 0.15) is 6.92 Å². The first-order valence-electron chi connectivity index (χ1n) is 7.95. The fourth-order valence-corrected chi connectivity index (χ4v) is 3.08. The average molecular weight is 358 g/mol. The van der Waals surface area contributed by atoms with Gasteiger partial charge in [-0.15, -0.1) is 0 Å².